The van der Waals surface area contributed by atoms with E-state index in [1.165, 1.54) is 27.9 Å². The molecule has 3 aromatic carbocycles. The number of ether oxygens (including phenoxy) is 1. The summed E-state index contributed by atoms with van der Waals surface area (Å²) in [6.45, 7) is 4.89. The second-order valence-electron chi connectivity index (χ2n) is 17.6. The molecule has 5 aliphatic rings. The van der Waals surface area contributed by atoms with E-state index in [-0.39, 0.29) is 41.6 Å². The van der Waals surface area contributed by atoms with Gasteiger partial charge in [-0.3, -0.25) is 29.4 Å². The normalized spacial score (nSPS) is 19.9. The van der Waals surface area contributed by atoms with Crippen molar-refractivity contribution in [1.29, 1.82) is 0 Å². The smallest absolute Gasteiger partial charge is 0.255 e. The van der Waals surface area contributed by atoms with Crippen LogP contribution in [0.25, 0.3) is 11.1 Å². The van der Waals surface area contributed by atoms with E-state index in [1.54, 1.807) is 24.0 Å². The first kappa shape index (κ1) is 41.9. The molecule has 2 atom stereocenters. The molecule has 0 bridgehead atoms. The van der Waals surface area contributed by atoms with E-state index < -0.39 is 23.7 Å². The van der Waals surface area contributed by atoms with Crippen molar-refractivity contribution < 1.29 is 28.3 Å². The topological polar surface area (TPSA) is 154 Å². The SMILES string of the molecule is O=C1CC[C@H](Nc2ccc(C3CCN(CC(=O)N4CCC(Oc5ccc(-c6cc(F)c7c(c6)C(=O)N(C(C(=O)Nc6nccs6)c6ncn8c6CCC8)C7)cc5)CC4)CC3)cc2)CN1. The van der Waals surface area contributed by atoms with Crippen LogP contribution in [0.5, 0.6) is 5.75 Å². The summed E-state index contributed by atoms with van der Waals surface area (Å²) in [4.78, 5) is 67.2. The van der Waals surface area contributed by atoms with Gasteiger partial charge in [0.05, 0.1) is 25.1 Å². The molecule has 3 N–H and O–H groups in total. The van der Waals surface area contributed by atoms with E-state index in [2.05, 4.69) is 55.1 Å². The van der Waals surface area contributed by atoms with E-state index in [1.807, 2.05) is 33.7 Å². The van der Waals surface area contributed by atoms with Gasteiger partial charge in [-0.25, -0.2) is 14.4 Å². The number of benzene rings is 3. The molecule has 14 nitrogen and oxygen atoms in total. The van der Waals surface area contributed by atoms with Gasteiger partial charge in [0.2, 0.25) is 11.8 Å². The molecule has 5 aliphatic heterocycles. The molecule has 3 fully saturated rings. The van der Waals surface area contributed by atoms with Crippen molar-refractivity contribution in [3.05, 3.63) is 112 Å². The van der Waals surface area contributed by atoms with Gasteiger partial charge >= 0.3 is 0 Å². The van der Waals surface area contributed by atoms with E-state index >= 15 is 4.39 Å². The highest BCUT2D eigenvalue weighted by molar-refractivity contribution is 7.13. The Morgan fingerprint density at radius 1 is 0.906 bits per heavy atom. The van der Waals surface area contributed by atoms with Crippen LogP contribution in [0.4, 0.5) is 15.2 Å². The molecule has 4 amide bonds. The van der Waals surface area contributed by atoms with E-state index in [9.17, 15) is 19.2 Å². The lowest BCUT2D eigenvalue weighted by molar-refractivity contribution is -0.134. The van der Waals surface area contributed by atoms with Gasteiger partial charge in [-0.15, -0.1) is 11.3 Å². The van der Waals surface area contributed by atoms with Gasteiger partial charge in [0, 0.05) is 85.6 Å². The Morgan fingerprint density at radius 3 is 2.44 bits per heavy atom. The predicted octanol–water partition coefficient (Wildman–Crippen LogP) is 6.37. The highest BCUT2D eigenvalue weighted by Crippen LogP contribution is 2.38. The van der Waals surface area contributed by atoms with Crippen LogP contribution in [0.15, 0.2) is 78.6 Å². The first-order valence-corrected chi connectivity index (χ1v) is 23.4. The monoisotopic (exact) mass is 885 g/mol. The first-order chi connectivity index (χ1) is 31.2. The molecule has 10 rings (SSSR count). The number of likely N-dealkylation sites (tertiary alicyclic amines) is 2. The van der Waals surface area contributed by atoms with Crippen molar-refractivity contribution in [2.75, 3.05) is 49.9 Å². The summed E-state index contributed by atoms with van der Waals surface area (Å²) in [5, 5.41) is 11.5. The predicted molar refractivity (Wildman–Crippen MR) is 240 cm³/mol. The number of aryl methyl sites for hydroxylation is 1. The van der Waals surface area contributed by atoms with E-state index in [0.29, 0.717) is 60.7 Å². The maximum Gasteiger partial charge on any atom is 0.255 e. The third kappa shape index (κ3) is 8.85. The molecule has 16 heteroatoms. The number of hydrogen-bond donors (Lipinski definition) is 3. The van der Waals surface area contributed by atoms with Crippen LogP contribution in [-0.4, -0.2) is 104 Å². The number of hydrogen-bond acceptors (Lipinski definition) is 10. The summed E-state index contributed by atoms with van der Waals surface area (Å²) < 4.78 is 24.3. The van der Waals surface area contributed by atoms with Crippen molar-refractivity contribution in [2.45, 2.75) is 88.6 Å². The molecule has 64 heavy (non-hydrogen) atoms. The Bertz CT molecular complexity index is 2500. The van der Waals surface area contributed by atoms with Crippen molar-refractivity contribution in [3.63, 3.8) is 0 Å². The van der Waals surface area contributed by atoms with Gasteiger partial charge in [0.15, 0.2) is 11.2 Å². The standard InChI is InChI=1S/C48H52FN9O5S/c49-40-25-33(24-38-39(40)27-58(47(38)62)45(46(61)54-48-50-17-23-64-48)44-41-2-1-18-57(41)29-52-44)31-5-10-36(11-6-31)63-37-15-21-56(22-16-37)43(60)28-55-19-13-32(14-20-55)30-3-7-34(8-4-30)53-35-9-12-42(59)51-26-35/h3-8,10-11,17,23-25,29,32,35,37,45,53H,1-2,9,12-16,18-22,26-28H2,(H,51,59)(H,50,54,61)/t35-,45?/m0/s1. The largest absolute Gasteiger partial charge is 0.490 e. The maximum atomic E-state index is 15.9. The molecule has 1 unspecified atom stereocenters. The van der Waals surface area contributed by atoms with Gasteiger partial charge in [-0.2, -0.15) is 0 Å². The molecule has 0 radical (unpaired) electrons. The Kier molecular flexibility index (Phi) is 11.9. The number of carbonyl (C=O) groups excluding carboxylic acids is 4. The number of nitrogens with zero attached hydrogens (tertiary/aromatic N) is 6. The molecular formula is C48H52FN9O5S. The van der Waals surface area contributed by atoms with Crippen molar-refractivity contribution >= 4 is 45.8 Å². The third-order valence-electron chi connectivity index (χ3n) is 13.5. The number of piperidine rings is 3. The summed E-state index contributed by atoms with van der Waals surface area (Å²) in [5.74, 6) is 0.0807. The lowest BCUT2D eigenvalue weighted by atomic mass is 9.89. The fraction of sp³-hybridized carbons (Fsp3) is 0.417. The first-order valence-electron chi connectivity index (χ1n) is 22.5. The molecule has 0 spiro atoms. The van der Waals surface area contributed by atoms with Crippen LogP contribution < -0.4 is 20.7 Å². The Labute approximate surface area is 375 Å². The minimum absolute atomic E-state index is 0.0332. The number of rotatable bonds is 12. The fourth-order valence-corrected chi connectivity index (χ4v) is 10.5. The average molecular weight is 886 g/mol. The lowest BCUT2D eigenvalue weighted by Gasteiger charge is -2.36. The van der Waals surface area contributed by atoms with E-state index in [0.717, 1.165) is 81.5 Å². The Morgan fingerprint density at radius 2 is 1.70 bits per heavy atom. The number of fused-ring (bicyclic) bond motifs is 2. The highest BCUT2D eigenvalue weighted by Gasteiger charge is 2.42. The van der Waals surface area contributed by atoms with Crippen LogP contribution in [0.2, 0.25) is 0 Å². The van der Waals surface area contributed by atoms with Crippen LogP contribution in [0, 0.1) is 5.82 Å². The Balaban J connectivity index is 0.704. The average Bonchev–Trinajstić information content (AvgIpc) is 4.14. The number of nitrogens with one attached hydrogen (secondary N) is 3. The number of imidazole rings is 1. The Hall–Kier alpha value is -6.13. The van der Waals surface area contributed by atoms with Crippen molar-refractivity contribution in [3.8, 4) is 16.9 Å². The third-order valence-corrected chi connectivity index (χ3v) is 14.2. The molecule has 332 valence electrons. The van der Waals surface area contributed by atoms with E-state index in [4.69, 9.17) is 4.74 Å². The number of thiazole rings is 1. The van der Waals surface area contributed by atoms with Crippen LogP contribution in [0.3, 0.4) is 0 Å². The van der Waals surface area contributed by atoms with Crippen LogP contribution in [0.1, 0.15) is 89.8 Å². The summed E-state index contributed by atoms with van der Waals surface area (Å²) in [6.07, 6.45) is 9.85. The minimum atomic E-state index is -1.05. The number of carbonyl (C=O) groups is 4. The summed E-state index contributed by atoms with van der Waals surface area (Å²) in [7, 11) is 0. The molecule has 7 heterocycles. The molecule has 5 aromatic rings. The molecule has 0 aliphatic carbocycles. The summed E-state index contributed by atoms with van der Waals surface area (Å²) in [5.41, 5.74) is 5.60. The molecule has 2 aromatic heterocycles. The number of amides is 4. The molecule has 0 saturated carbocycles. The zero-order valence-corrected chi connectivity index (χ0v) is 36.5. The second-order valence-corrected chi connectivity index (χ2v) is 18.5. The zero-order chi connectivity index (χ0) is 43.7. The van der Waals surface area contributed by atoms with Crippen LogP contribution >= 0.6 is 11.3 Å². The summed E-state index contributed by atoms with van der Waals surface area (Å²) in [6, 6.07) is 18.5. The van der Waals surface area contributed by atoms with Gasteiger partial charge in [0.25, 0.3) is 11.8 Å². The van der Waals surface area contributed by atoms with Gasteiger partial charge < -0.3 is 29.7 Å². The zero-order valence-electron chi connectivity index (χ0n) is 35.6. The van der Waals surface area contributed by atoms with Crippen molar-refractivity contribution in [2.24, 2.45) is 0 Å². The quantitative estimate of drug-likeness (QED) is 0.130. The molecule has 3 saturated heterocycles. The van der Waals surface area contributed by atoms with Gasteiger partial charge in [-0.1, -0.05) is 24.3 Å². The number of halogens is 1. The van der Waals surface area contributed by atoms with Gasteiger partial charge in [0.1, 0.15) is 17.7 Å². The summed E-state index contributed by atoms with van der Waals surface area (Å²) >= 11 is 1.28. The van der Waals surface area contributed by atoms with Gasteiger partial charge in [-0.05, 0) is 104 Å². The highest BCUT2D eigenvalue weighted by atomic mass is 32.1. The second kappa shape index (κ2) is 18.2. The number of aromatic nitrogens is 3. The van der Waals surface area contributed by atoms with Crippen LogP contribution in [-0.2, 0) is 33.9 Å². The minimum Gasteiger partial charge on any atom is -0.490 e. The number of anilines is 2. The lowest BCUT2D eigenvalue weighted by Crippen LogP contribution is -2.47. The fourth-order valence-electron chi connectivity index (χ4n) is 9.97. The molecular weight excluding hydrogens is 834 g/mol. The van der Waals surface area contributed by atoms with Crippen molar-refractivity contribution in [1.82, 2.24) is 34.6 Å². The maximum absolute atomic E-state index is 15.9.